The third kappa shape index (κ3) is 4.90. The number of benzene rings is 1. The van der Waals surface area contributed by atoms with Crippen LogP contribution in [0.5, 0.6) is 5.75 Å². The van der Waals surface area contributed by atoms with E-state index in [1.54, 1.807) is 17.2 Å². The van der Waals surface area contributed by atoms with Crippen molar-refractivity contribution in [2.75, 3.05) is 33.3 Å². The van der Waals surface area contributed by atoms with Gasteiger partial charge >= 0.3 is 6.36 Å². The average molecular weight is 408 g/mol. The highest BCUT2D eigenvalue weighted by Gasteiger charge is 2.33. The normalized spacial score (nSPS) is 22.9. The van der Waals surface area contributed by atoms with Gasteiger partial charge in [0.2, 0.25) is 5.90 Å². The molecule has 1 atom stereocenters. The van der Waals surface area contributed by atoms with Crippen LogP contribution in [0.4, 0.5) is 13.2 Å². The lowest BCUT2D eigenvalue weighted by atomic mass is 9.98. The van der Waals surface area contributed by atoms with Gasteiger partial charge in [0.05, 0.1) is 19.2 Å². The fraction of sp³-hybridized carbons (Fsp3) is 0.500. The third-order valence-electron chi connectivity index (χ3n) is 5.32. The fourth-order valence-electron chi connectivity index (χ4n) is 3.70. The van der Waals surface area contributed by atoms with Gasteiger partial charge in [-0.3, -0.25) is 4.99 Å². The van der Waals surface area contributed by atoms with E-state index in [1.807, 2.05) is 6.08 Å². The maximum atomic E-state index is 12.5. The Balaban J connectivity index is 1.42. The van der Waals surface area contributed by atoms with Crippen molar-refractivity contribution in [1.29, 1.82) is 0 Å². The number of amidine groups is 1. The van der Waals surface area contributed by atoms with Crippen LogP contribution in [0.2, 0.25) is 0 Å². The Morgan fingerprint density at radius 2 is 1.97 bits per heavy atom. The number of nitrogens with zero attached hydrogens (tertiary/aromatic N) is 4. The molecular weight excluding hydrogens is 385 g/mol. The minimum atomic E-state index is -4.73. The first-order valence-electron chi connectivity index (χ1n) is 9.65. The molecule has 0 amide bonds. The van der Waals surface area contributed by atoms with Gasteiger partial charge in [-0.15, -0.1) is 18.3 Å². The summed E-state index contributed by atoms with van der Waals surface area (Å²) in [6, 6.07) is 5.65. The first kappa shape index (κ1) is 19.8. The number of piperidine rings is 1. The van der Waals surface area contributed by atoms with Crippen molar-refractivity contribution in [2.24, 2.45) is 16.0 Å². The van der Waals surface area contributed by atoms with E-state index in [2.05, 4.69) is 26.8 Å². The largest absolute Gasteiger partial charge is 0.573 e. The molecule has 0 bridgehead atoms. The van der Waals surface area contributed by atoms with Crippen LogP contribution in [0.25, 0.3) is 0 Å². The number of hydrogen-bond acceptors (Lipinski definition) is 6. The highest BCUT2D eigenvalue weighted by atomic mass is 19.4. The number of alkyl halides is 3. The minimum Gasteiger partial charge on any atom is -0.476 e. The van der Waals surface area contributed by atoms with Crippen molar-refractivity contribution in [3.05, 3.63) is 42.0 Å². The highest BCUT2D eigenvalue weighted by Crippen LogP contribution is 2.32. The Morgan fingerprint density at radius 1 is 1.17 bits per heavy atom. The predicted octanol–water partition coefficient (Wildman–Crippen LogP) is 3.58. The fourth-order valence-corrected chi connectivity index (χ4v) is 3.70. The van der Waals surface area contributed by atoms with Gasteiger partial charge in [0.25, 0.3) is 0 Å². The number of fused-ring (bicyclic) bond motifs is 1. The summed E-state index contributed by atoms with van der Waals surface area (Å²) < 4.78 is 47.5. The molecular formula is C20H23F3N4O2. The Hall–Kier alpha value is -2.55. The maximum Gasteiger partial charge on any atom is 0.573 e. The molecule has 9 heteroatoms. The number of ether oxygens (including phenoxy) is 2. The SMILES string of the molecule is CN1CCC(COC2=NN3C(=NCC3c3cccc(OC(F)(F)F)c3)C=C2)CC1. The lowest BCUT2D eigenvalue weighted by Gasteiger charge is -2.29. The molecule has 156 valence electrons. The van der Waals surface area contributed by atoms with E-state index in [1.165, 1.54) is 18.2 Å². The summed E-state index contributed by atoms with van der Waals surface area (Å²) in [6.45, 7) is 3.15. The van der Waals surface area contributed by atoms with Crippen LogP contribution in [0.1, 0.15) is 24.4 Å². The minimum absolute atomic E-state index is 0.251. The lowest BCUT2D eigenvalue weighted by Crippen LogP contribution is -2.33. The maximum absolute atomic E-state index is 12.5. The molecule has 1 fully saturated rings. The average Bonchev–Trinajstić information content (AvgIpc) is 3.10. The summed E-state index contributed by atoms with van der Waals surface area (Å²) >= 11 is 0. The summed E-state index contributed by atoms with van der Waals surface area (Å²) in [5, 5.41) is 6.25. The number of aliphatic imine (C=N–C) groups is 1. The number of hydrazone groups is 1. The zero-order chi connectivity index (χ0) is 20.4. The van der Waals surface area contributed by atoms with Crippen LogP contribution in [0.15, 0.2) is 46.5 Å². The third-order valence-corrected chi connectivity index (χ3v) is 5.32. The molecule has 0 spiro atoms. The Bertz CT molecular complexity index is 829. The van der Waals surface area contributed by atoms with Crippen molar-refractivity contribution in [1.82, 2.24) is 9.91 Å². The molecule has 3 aliphatic rings. The molecule has 0 aromatic heterocycles. The van der Waals surface area contributed by atoms with Crippen molar-refractivity contribution >= 4 is 11.7 Å². The topological polar surface area (TPSA) is 49.7 Å². The van der Waals surface area contributed by atoms with Gasteiger partial charge < -0.3 is 14.4 Å². The number of halogens is 3. The van der Waals surface area contributed by atoms with E-state index in [0.29, 0.717) is 36.4 Å². The molecule has 3 aliphatic heterocycles. The molecule has 0 radical (unpaired) electrons. The zero-order valence-electron chi connectivity index (χ0n) is 16.1. The summed E-state index contributed by atoms with van der Waals surface area (Å²) in [7, 11) is 2.12. The van der Waals surface area contributed by atoms with Crippen LogP contribution in [-0.2, 0) is 4.74 Å². The monoisotopic (exact) mass is 408 g/mol. The van der Waals surface area contributed by atoms with Gasteiger partial charge in [0, 0.05) is 6.08 Å². The van der Waals surface area contributed by atoms with E-state index >= 15 is 0 Å². The number of likely N-dealkylation sites (tertiary alicyclic amines) is 1. The van der Waals surface area contributed by atoms with Crippen molar-refractivity contribution in [3.63, 3.8) is 0 Å². The first-order chi connectivity index (χ1) is 13.9. The number of hydrogen-bond donors (Lipinski definition) is 0. The summed E-state index contributed by atoms with van der Waals surface area (Å²) in [6.07, 6.45) is 1.08. The van der Waals surface area contributed by atoms with Crippen LogP contribution >= 0.6 is 0 Å². The Labute approximate surface area is 167 Å². The molecule has 1 unspecified atom stereocenters. The molecule has 29 heavy (non-hydrogen) atoms. The van der Waals surface area contributed by atoms with E-state index < -0.39 is 6.36 Å². The molecule has 0 N–H and O–H groups in total. The predicted molar refractivity (Wildman–Crippen MR) is 103 cm³/mol. The van der Waals surface area contributed by atoms with E-state index in [0.717, 1.165) is 25.9 Å². The second-order valence-corrected chi connectivity index (χ2v) is 7.51. The standard InChI is InChI=1S/C20H23F3N4O2/c1-26-9-7-14(8-10-26)13-28-19-6-5-18-24-12-17(27(18)25-19)15-3-2-4-16(11-15)29-20(21,22)23/h2-6,11,14,17H,7-10,12-13H2,1H3. The van der Waals surface area contributed by atoms with Gasteiger partial charge in [-0.1, -0.05) is 12.1 Å². The van der Waals surface area contributed by atoms with Crippen molar-refractivity contribution in [3.8, 4) is 5.75 Å². The van der Waals surface area contributed by atoms with Crippen molar-refractivity contribution < 1.29 is 22.6 Å². The molecule has 6 nitrogen and oxygen atoms in total. The molecule has 0 saturated carbocycles. The van der Waals surface area contributed by atoms with Crippen LogP contribution in [0, 0.1) is 5.92 Å². The lowest BCUT2D eigenvalue weighted by molar-refractivity contribution is -0.274. The summed E-state index contributed by atoms with van der Waals surface area (Å²) in [4.78, 5) is 6.75. The van der Waals surface area contributed by atoms with Crippen LogP contribution < -0.4 is 4.74 Å². The van der Waals surface area contributed by atoms with Gasteiger partial charge in [-0.2, -0.15) is 0 Å². The first-order valence-corrected chi connectivity index (χ1v) is 9.65. The summed E-state index contributed by atoms with van der Waals surface area (Å²) in [5.41, 5.74) is 0.652. The van der Waals surface area contributed by atoms with Crippen molar-refractivity contribution in [2.45, 2.75) is 25.2 Å². The molecule has 1 aromatic rings. The second-order valence-electron chi connectivity index (χ2n) is 7.51. The Morgan fingerprint density at radius 3 is 2.72 bits per heavy atom. The van der Waals surface area contributed by atoms with E-state index in [9.17, 15) is 13.2 Å². The molecule has 1 saturated heterocycles. The van der Waals surface area contributed by atoms with E-state index in [4.69, 9.17) is 4.74 Å². The zero-order valence-corrected chi connectivity index (χ0v) is 16.1. The molecule has 3 heterocycles. The number of rotatable bonds is 4. The van der Waals surface area contributed by atoms with Gasteiger partial charge in [-0.25, -0.2) is 5.01 Å². The molecule has 0 aliphatic carbocycles. The van der Waals surface area contributed by atoms with E-state index in [-0.39, 0.29) is 11.8 Å². The van der Waals surface area contributed by atoms with Gasteiger partial charge in [0.15, 0.2) is 0 Å². The van der Waals surface area contributed by atoms with Crippen LogP contribution in [-0.4, -0.2) is 61.3 Å². The Kier molecular flexibility index (Phi) is 5.49. The summed E-state index contributed by atoms with van der Waals surface area (Å²) in [5.74, 6) is 1.42. The van der Waals surface area contributed by atoms with Gasteiger partial charge in [-0.05, 0) is 62.7 Å². The van der Waals surface area contributed by atoms with Gasteiger partial charge in [0.1, 0.15) is 11.6 Å². The second kappa shape index (κ2) is 8.06. The quantitative estimate of drug-likeness (QED) is 0.764. The molecule has 1 aromatic carbocycles. The van der Waals surface area contributed by atoms with Crippen LogP contribution in [0.3, 0.4) is 0 Å². The molecule has 4 rings (SSSR count). The smallest absolute Gasteiger partial charge is 0.476 e. The highest BCUT2D eigenvalue weighted by molar-refractivity contribution is 6.04.